The van der Waals surface area contributed by atoms with Gasteiger partial charge in [-0.3, -0.25) is 8.89 Å². The van der Waals surface area contributed by atoms with Crippen LogP contribution >= 0.6 is 0 Å². The van der Waals surface area contributed by atoms with Gasteiger partial charge in [0.05, 0.1) is 52.5 Å². The van der Waals surface area contributed by atoms with E-state index in [1.165, 1.54) is 19.3 Å². The zero-order valence-electron chi connectivity index (χ0n) is 20.5. The molecule has 3 N–H and O–H groups in total. The lowest BCUT2D eigenvalue weighted by Gasteiger charge is -2.13. The van der Waals surface area contributed by atoms with Crippen LogP contribution < -0.4 is 10.6 Å². The monoisotopic (exact) mass is 509 g/mol. The highest BCUT2D eigenvalue weighted by Gasteiger charge is 2.16. The van der Waals surface area contributed by atoms with Crippen LogP contribution in [0.25, 0.3) is 11.2 Å². The molecule has 1 fully saturated rings. The fraction of sp³-hybridized carbons (Fsp3) is 0.400. The van der Waals surface area contributed by atoms with Crippen molar-refractivity contribution in [1.82, 2.24) is 24.7 Å². The number of nitrogens with one attached hydrogen (secondary N) is 3. The highest BCUT2D eigenvalue weighted by Crippen LogP contribution is 2.30. The summed E-state index contributed by atoms with van der Waals surface area (Å²) in [6.45, 7) is 5.84. The number of anilines is 4. The summed E-state index contributed by atoms with van der Waals surface area (Å²) in [5, 5.41) is 11.2. The molecule has 0 radical (unpaired) electrons. The molecule has 1 atom stereocenters. The third-order valence-electron chi connectivity index (χ3n) is 5.94. The molecule has 36 heavy (non-hydrogen) atoms. The van der Waals surface area contributed by atoms with Crippen LogP contribution in [0, 0.1) is 6.92 Å². The molecule has 10 nitrogen and oxygen atoms in total. The Hall–Kier alpha value is -3.28. The van der Waals surface area contributed by atoms with Gasteiger partial charge in [0.1, 0.15) is 17.2 Å². The Kier molecular flexibility index (Phi) is 7.59. The van der Waals surface area contributed by atoms with Gasteiger partial charge in [-0.1, -0.05) is 12.1 Å². The van der Waals surface area contributed by atoms with Crippen molar-refractivity contribution < 1.29 is 13.7 Å². The van der Waals surface area contributed by atoms with Gasteiger partial charge >= 0.3 is 0 Å². The van der Waals surface area contributed by atoms with Crippen LogP contribution in [-0.4, -0.2) is 55.0 Å². The number of aryl methyl sites for hydroxylation is 1. The van der Waals surface area contributed by atoms with Gasteiger partial charge in [0.25, 0.3) is 0 Å². The van der Waals surface area contributed by atoms with Crippen molar-refractivity contribution in [1.29, 1.82) is 0 Å². The third-order valence-corrected chi connectivity index (χ3v) is 6.92. The van der Waals surface area contributed by atoms with Gasteiger partial charge in [0.2, 0.25) is 0 Å². The summed E-state index contributed by atoms with van der Waals surface area (Å²) in [4.78, 5) is 13.1. The summed E-state index contributed by atoms with van der Waals surface area (Å²) in [6, 6.07) is 11.4. The van der Waals surface area contributed by atoms with Crippen molar-refractivity contribution >= 4 is 45.0 Å². The predicted octanol–water partition coefficient (Wildman–Crippen LogP) is 4.40. The van der Waals surface area contributed by atoms with Crippen LogP contribution in [0.1, 0.15) is 30.8 Å². The van der Waals surface area contributed by atoms with E-state index in [1.807, 2.05) is 48.0 Å². The number of aromatic nitrogens is 5. The molecule has 4 aromatic rings. The first-order valence-electron chi connectivity index (χ1n) is 12.1. The Bertz CT molecular complexity index is 1330. The van der Waals surface area contributed by atoms with E-state index in [0.717, 1.165) is 53.1 Å². The highest BCUT2D eigenvalue weighted by molar-refractivity contribution is 7.84. The van der Waals surface area contributed by atoms with Crippen LogP contribution in [-0.2, 0) is 33.4 Å². The van der Waals surface area contributed by atoms with Crippen molar-refractivity contribution in [2.45, 2.75) is 44.2 Å². The van der Waals surface area contributed by atoms with Crippen molar-refractivity contribution in [2.75, 3.05) is 36.7 Å². The van der Waals surface area contributed by atoms with Crippen LogP contribution in [0.4, 0.5) is 23.0 Å². The maximum atomic E-state index is 12.1. The average molecular weight is 510 g/mol. The van der Waals surface area contributed by atoms with Crippen molar-refractivity contribution in [3.63, 3.8) is 0 Å². The molecule has 0 amide bonds. The van der Waals surface area contributed by atoms with E-state index in [-0.39, 0.29) is 0 Å². The number of benzene rings is 1. The second-order valence-electron chi connectivity index (χ2n) is 8.75. The zero-order chi connectivity index (χ0) is 24.9. The van der Waals surface area contributed by atoms with Gasteiger partial charge in [0, 0.05) is 31.6 Å². The van der Waals surface area contributed by atoms with E-state index < -0.39 is 10.8 Å². The standard InChI is InChI=1S/C20H21N7O2S.C5H10O/c1-12-21-19-15(23-14-5-3-4-6-16(14)30(2)28)10-17(25-20(19)22-12)24-18-9-13-11-29-8-7-27(13)26-18;1-2-4-6-5-3-1/h3-6,9-10H,7-8,11H2,1-2H3,(H3,21,22,23,24,25,26);1-5H2. The molecular weight excluding hydrogens is 478 g/mol. The molecule has 0 saturated carbocycles. The van der Waals surface area contributed by atoms with Gasteiger partial charge < -0.3 is 25.1 Å². The van der Waals surface area contributed by atoms with E-state index in [4.69, 9.17) is 9.47 Å². The van der Waals surface area contributed by atoms with E-state index >= 15 is 0 Å². The van der Waals surface area contributed by atoms with E-state index in [1.54, 1.807) is 6.26 Å². The number of rotatable bonds is 5. The predicted molar refractivity (Wildman–Crippen MR) is 141 cm³/mol. The number of para-hydroxylation sites is 1. The maximum absolute atomic E-state index is 12.1. The summed E-state index contributed by atoms with van der Waals surface area (Å²) in [6.07, 6.45) is 5.60. The number of ether oxygens (including phenoxy) is 2. The fourth-order valence-corrected chi connectivity index (χ4v) is 4.90. The summed E-state index contributed by atoms with van der Waals surface area (Å²) in [5.41, 5.74) is 3.96. The third kappa shape index (κ3) is 5.75. The molecule has 0 bridgehead atoms. The minimum absolute atomic E-state index is 0.553. The number of fused-ring (bicyclic) bond motifs is 2. The second kappa shape index (κ2) is 11.2. The van der Waals surface area contributed by atoms with Crippen molar-refractivity contribution in [3.8, 4) is 0 Å². The van der Waals surface area contributed by atoms with Gasteiger partial charge in [0.15, 0.2) is 11.5 Å². The lowest BCUT2D eigenvalue weighted by Crippen LogP contribution is -2.16. The number of aromatic amines is 1. The molecule has 0 spiro atoms. The molecule has 5 heterocycles. The van der Waals surface area contributed by atoms with Crippen molar-refractivity contribution in [2.24, 2.45) is 0 Å². The quantitative estimate of drug-likeness (QED) is 0.362. The van der Waals surface area contributed by atoms with Crippen LogP contribution in [0.3, 0.4) is 0 Å². The van der Waals surface area contributed by atoms with E-state index in [9.17, 15) is 4.21 Å². The van der Waals surface area contributed by atoms with Crippen LogP contribution in [0.2, 0.25) is 0 Å². The first-order chi connectivity index (χ1) is 17.6. The molecule has 190 valence electrons. The number of pyridine rings is 1. The highest BCUT2D eigenvalue weighted by atomic mass is 32.2. The summed E-state index contributed by atoms with van der Waals surface area (Å²) >= 11 is 0. The molecule has 6 rings (SSSR count). The first kappa shape index (κ1) is 24.4. The molecular formula is C25H31N7O3S. The number of imidazole rings is 1. The SMILES string of the molecule is C1CCOCC1.Cc1nc2nc(Nc3cc4n(n3)CCOC4)cc(Nc3ccccc3S(C)=O)c2[nH]1. The average Bonchev–Trinajstić information content (AvgIpc) is 3.48. The Morgan fingerprint density at radius 1 is 0.972 bits per heavy atom. The lowest BCUT2D eigenvalue weighted by atomic mass is 10.2. The first-order valence-corrected chi connectivity index (χ1v) is 13.7. The lowest BCUT2D eigenvalue weighted by molar-refractivity contribution is 0.0801. The molecule has 2 aliphatic heterocycles. The molecule has 11 heteroatoms. The molecule has 2 aliphatic rings. The van der Waals surface area contributed by atoms with Gasteiger partial charge in [-0.15, -0.1) is 0 Å². The van der Waals surface area contributed by atoms with Gasteiger partial charge in [-0.2, -0.15) is 5.10 Å². The normalized spacial score (nSPS) is 16.1. The minimum atomic E-state index is -1.12. The molecule has 1 unspecified atom stereocenters. The van der Waals surface area contributed by atoms with Crippen molar-refractivity contribution in [3.05, 3.63) is 47.9 Å². The zero-order valence-corrected chi connectivity index (χ0v) is 21.4. The number of hydrogen-bond donors (Lipinski definition) is 3. The van der Waals surface area contributed by atoms with Crippen LogP contribution in [0.15, 0.2) is 41.3 Å². The number of H-pyrrole nitrogens is 1. The summed E-state index contributed by atoms with van der Waals surface area (Å²) in [7, 11) is -1.12. The maximum Gasteiger partial charge on any atom is 0.181 e. The Labute approximate surface area is 212 Å². The van der Waals surface area contributed by atoms with E-state index in [0.29, 0.717) is 30.5 Å². The van der Waals surface area contributed by atoms with Crippen LogP contribution in [0.5, 0.6) is 0 Å². The van der Waals surface area contributed by atoms with Gasteiger partial charge in [-0.25, -0.2) is 9.97 Å². The Morgan fingerprint density at radius 2 is 1.81 bits per heavy atom. The topological polar surface area (TPSA) is 119 Å². The smallest absolute Gasteiger partial charge is 0.181 e. The molecule has 3 aromatic heterocycles. The Morgan fingerprint density at radius 3 is 2.53 bits per heavy atom. The van der Waals surface area contributed by atoms with Gasteiger partial charge in [-0.05, 0) is 38.3 Å². The number of nitrogens with zero attached hydrogens (tertiary/aromatic N) is 4. The molecule has 1 aromatic carbocycles. The fourth-order valence-electron chi connectivity index (χ4n) is 4.20. The molecule has 0 aliphatic carbocycles. The Balaban J connectivity index is 0.000000391. The summed E-state index contributed by atoms with van der Waals surface area (Å²) in [5.74, 6) is 2.08. The summed E-state index contributed by atoms with van der Waals surface area (Å²) < 4.78 is 24.6. The largest absolute Gasteiger partial charge is 0.381 e. The van der Waals surface area contributed by atoms with E-state index in [2.05, 4.69) is 30.7 Å². The second-order valence-corrected chi connectivity index (χ2v) is 10.1. The minimum Gasteiger partial charge on any atom is -0.381 e. The number of hydrogen-bond acceptors (Lipinski definition) is 8. The molecule has 1 saturated heterocycles.